The molecule has 0 spiro atoms. The Balaban J connectivity index is 2.10. The minimum absolute atomic E-state index is 0.174. The van der Waals surface area contributed by atoms with Crippen LogP contribution in [0.3, 0.4) is 0 Å². The van der Waals surface area contributed by atoms with E-state index in [0.29, 0.717) is 27.9 Å². The minimum atomic E-state index is -0.677. The number of anilines is 1. The zero-order valence-electron chi connectivity index (χ0n) is 15.9. The number of benzene rings is 2. The summed E-state index contributed by atoms with van der Waals surface area (Å²) in [6.07, 6.45) is 1.13. The topological polar surface area (TPSA) is 82.3 Å². The van der Waals surface area contributed by atoms with Crippen LogP contribution in [-0.4, -0.2) is 29.4 Å². The molecule has 7 nitrogen and oxygen atoms in total. The van der Waals surface area contributed by atoms with Gasteiger partial charge in [-0.05, 0) is 36.6 Å². The first-order valence-corrected chi connectivity index (χ1v) is 10.8. The van der Waals surface area contributed by atoms with Crippen LogP contribution >= 0.6 is 27.7 Å². The van der Waals surface area contributed by atoms with Crippen LogP contribution in [0.5, 0.6) is 11.6 Å². The van der Waals surface area contributed by atoms with Gasteiger partial charge in [-0.2, -0.15) is 0 Å². The molecule has 0 fully saturated rings. The van der Waals surface area contributed by atoms with Gasteiger partial charge in [-0.15, -0.1) is 0 Å². The number of fused-ring (bicyclic) bond motifs is 3. The Labute approximate surface area is 180 Å². The highest BCUT2D eigenvalue weighted by molar-refractivity contribution is 9.10. The highest BCUT2D eigenvalue weighted by Gasteiger charge is 2.44. The van der Waals surface area contributed by atoms with Crippen molar-refractivity contribution in [2.24, 2.45) is 0 Å². The predicted molar refractivity (Wildman–Crippen MR) is 111 cm³/mol. The summed E-state index contributed by atoms with van der Waals surface area (Å²) in [6, 6.07) is 12.8. The van der Waals surface area contributed by atoms with Crippen LogP contribution < -0.4 is 19.4 Å². The van der Waals surface area contributed by atoms with E-state index >= 15 is 0 Å². The van der Waals surface area contributed by atoms with Crippen LogP contribution in [0, 0.1) is 0 Å². The van der Waals surface area contributed by atoms with Crippen molar-refractivity contribution in [2.45, 2.75) is 18.2 Å². The zero-order valence-corrected chi connectivity index (χ0v) is 18.3. The molecule has 3 aromatic rings. The predicted octanol–water partition coefficient (Wildman–Crippen LogP) is 2.91. The maximum atomic E-state index is 12.9. The third-order valence-electron chi connectivity index (χ3n) is 4.72. The van der Waals surface area contributed by atoms with Crippen molar-refractivity contribution in [2.75, 3.05) is 18.3 Å². The minimum Gasteiger partial charge on any atom is -0.854 e. The van der Waals surface area contributed by atoms with Crippen molar-refractivity contribution >= 4 is 39.3 Å². The number of rotatable bonds is 3. The number of methoxy groups -OCH3 is 1. The number of para-hydroxylation sites is 1. The summed E-state index contributed by atoms with van der Waals surface area (Å²) >= 11 is 4.86. The average Bonchev–Trinajstić information content (AvgIpc) is 2.72. The summed E-state index contributed by atoms with van der Waals surface area (Å²) in [7, 11) is 1.58. The highest BCUT2D eigenvalue weighted by atomic mass is 79.9. The lowest BCUT2D eigenvalue weighted by molar-refractivity contribution is -0.764. The lowest BCUT2D eigenvalue weighted by Crippen LogP contribution is -2.58. The number of aromatic nitrogens is 3. The first kappa shape index (κ1) is 19.7. The van der Waals surface area contributed by atoms with Crippen LogP contribution in [0.25, 0.3) is 11.3 Å². The third-order valence-corrected chi connectivity index (χ3v) is 5.98. The number of thioether (sulfide) groups is 1. The Morgan fingerprint density at radius 1 is 1.31 bits per heavy atom. The van der Waals surface area contributed by atoms with Crippen LogP contribution in [0.2, 0.25) is 0 Å². The van der Waals surface area contributed by atoms with Crippen molar-refractivity contribution in [3.63, 3.8) is 0 Å². The SMILES string of the molecule is COc1ccc(Br)c(C2N(C(C)=O)c3ccccc3-c3c([O-])nc(SC)n[n+]32)c1. The molecule has 29 heavy (non-hydrogen) atoms. The number of ether oxygens (including phenoxy) is 1. The molecular formula is C20H17BrN4O3S. The number of amides is 1. The lowest BCUT2D eigenvalue weighted by Gasteiger charge is -2.33. The van der Waals surface area contributed by atoms with E-state index in [1.54, 1.807) is 29.0 Å². The summed E-state index contributed by atoms with van der Waals surface area (Å²) in [6.45, 7) is 1.50. The van der Waals surface area contributed by atoms with Gasteiger partial charge in [0.25, 0.3) is 17.0 Å². The molecule has 0 N–H and O–H groups in total. The van der Waals surface area contributed by atoms with E-state index in [0.717, 1.165) is 10.0 Å². The molecular weight excluding hydrogens is 456 g/mol. The second kappa shape index (κ2) is 7.64. The van der Waals surface area contributed by atoms with E-state index in [2.05, 4.69) is 26.0 Å². The maximum Gasteiger partial charge on any atom is 0.294 e. The Morgan fingerprint density at radius 2 is 2.07 bits per heavy atom. The molecule has 0 saturated heterocycles. The van der Waals surface area contributed by atoms with Crippen molar-refractivity contribution in [1.29, 1.82) is 0 Å². The van der Waals surface area contributed by atoms with Gasteiger partial charge in [0.15, 0.2) is 0 Å². The highest BCUT2D eigenvalue weighted by Crippen LogP contribution is 2.42. The third kappa shape index (κ3) is 3.24. The van der Waals surface area contributed by atoms with Crippen LogP contribution in [-0.2, 0) is 4.79 Å². The smallest absolute Gasteiger partial charge is 0.294 e. The molecule has 0 saturated carbocycles. The summed E-state index contributed by atoms with van der Waals surface area (Å²) in [4.78, 5) is 18.5. The van der Waals surface area contributed by atoms with Gasteiger partial charge in [0, 0.05) is 16.5 Å². The fourth-order valence-electron chi connectivity index (χ4n) is 3.49. The first-order valence-electron chi connectivity index (χ1n) is 8.73. The molecule has 9 heteroatoms. The molecule has 1 aromatic heterocycles. The molecule has 1 aliphatic heterocycles. The number of halogens is 1. The molecule has 1 unspecified atom stereocenters. The monoisotopic (exact) mass is 472 g/mol. The summed E-state index contributed by atoms with van der Waals surface area (Å²) in [5.41, 5.74) is 2.34. The van der Waals surface area contributed by atoms with Crippen molar-refractivity contribution in [1.82, 2.24) is 10.1 Å². The van der Waals surface area contributed by atoms with Crippen LogP contribution in [0.15, 0.2) is 52.1 Å². The molecule has 0 radical (unpaired) electrons. The van der Waals surface area contributed by atoms with Crippen LogP contribution in [0.1, 0.15) is 18.7 Å². The lowest BCUT2D eigenvalue weighted by atomic mass is 10.0. The average molecular weight is 473 g/mol. The van der Waals surface area contributed by atoms with Gasteiger partial charge in [0.2, 0.25) is 5.91 Å². The molecule has 2 aromatic carbocycles. The van der Waals surface area contributed by atoms with Gasteiger partial charge in [-0.3, -0.25) is 4.79 Å². The number of hydrogen-bond donors (Lipinski definition) is 0. The van der Waals surface area contributed by atoms with Crippen LogP contribution in [0.4, 0.5) is 5.69 Å². The molecule has 4 rings (SSSR count). The van der Waals surface area contributed by atoms with E-state index in [1.165, 1.54) is 18.7 Å². The number of hydrogen-bond acceptors (Lipinski definition) is 6. The number of carbonyl (C=O) groups is 1. The molecule has 1 aliphatic rings. The van der Waals surface area contributed by atoms with E-state index < -0.39 is 6.17 Å². The van der Waals surface area contributed by atoms with Gasteiger partial charge in [-0.1, -0.05) is 44.5 Å². The van der Waals surface area contributed by atoms with Gasteiger partial charge in [0.05, 0.1) is 29.8 Å². The zero-order chi connectivity index (χ0) is 20.7. The van der Waals surface area contributed by atoms with Gasteiger partial charge in [-0.25, -0.2) is 9.88 Å². The van der Waals surface area contributed by atoms with Gasteiger partial charge < -0.3 is 9.84 Å². The van der Waals surface area contributed by atoms with Gasteiger partial charge in [0.1, 0.15) is 5.75 Å². The van der Waals surface area contributed by atoms with E-state index in [-0.39, 0.29) is 11.8 Å². The quantitative estimate of drug-likeness (QED) is 0.430. The number of nitrogens with zero attached hydrogens (tertiary/aromatic N) is 4. The van der Waals surface area contributed by atoms with Crippen molar-refractivity contribution < 1.29 is 19.3 Å². The molecule has 0 aliphatic carbocycles. The second-order valence-electron chi connectivity index (χ2n) is 6.36. The Hall–Kier alpha value is -2.65. The van der Waals surface area contributed by atoms with E-state index in [1.807, 2.05) is 36.4 Å². The molecule has 0 bridgehead atoms. The Morgan fingerprint density at radius 3 is 2.76 bits per heavy atom. The first-order chi connectivity index (χ1) is 14.0. The standard InChI is InChI=1S/C20H17BrN4O3S/c1-11(26)24-16-7-5-4-6-13(16)17-18(27)22-20(29-3)23-25(17)19(24)14-10-12(28-2)8-9-15(14)21/h4-10,19H,1-3H3. The van der Waals surface area contributed by atoms with Gasteiger partial charge >= 0.3 is 0 Å². The normalized spacial score (nSPS) is 14.9. The summed E-state index contributed by atoms with van der Waals surface area (Å²) in [5.74, 6) is 0.0744. The maximum absolute atomic E-state index is 12.9. The fourth-order valence-corrected chi connectivity index (χ4v) is 4.28. The van der Waals surface area contributed by atoms with E-state index in [4.69, 9.17) is 4.74 Å². The van der Waals surface area contributed by atoms with Crippen molar-refractivity contribution in [3.05, 3.63) is 52.5 Å². The second-order valence-corrected chi connectivity index (χ2v) is 7.99. The summed E-state index contributed by atoms with van der Waals surface area (Å²) < 4.78 is 7.75. The molecule has 2 heterocycles. The molecule has 1 atom stereocenters. The summed E-state index contributed by atoms with van der Waals surface area (Å²) in [5, 5.41) is 17.9. The molecule has 1 amide bonds. The Kier molecular flexibility index (Phi) is 5.18. The number of carbonyl (C=O) groups excluding carboxylic acids is 1. The van der Waals surface area contributed by atoms with Crippen molar-refractivity contribution in [3.8, 4) is 22.9 Å². The Bertz CT molecular complexity index is 1120. The fraction of sp³-hybridized carbons (Fsp3) is 0.200. The largest absolute Gasteiger partial charge is 0.854 e. The van der Waals surface area contributed by atoms with E-state index in [9.17, 15) is 9.90 Å². The molecule has 148 valence electrons.